The summed E-state index contributed by atoms with van der Waals surface area (Å²) in [5, 5.41) is 3.32. The Balaban J connectivity index is 2.70. The molecule has 0 spiro atoms. The van der Waals surface area contributed by atoms with Gasteiger partial charge in [0.25, 0.3) is 5.91 Å². The highest BCUT2D eigenvalue weighted by Crippen LogP contribution is 2.13. The summed E-state index contributed by atoms with van der Waals surface area (Å²) in [6.07, 6.45) is 0. The van der Waals surface area contributed by atoms with Crippen molar-refractivity contribution in [2.24, 2.45) is 0 Å². The predicted octanol–water partition coefficient (Wildman–Crippen LogP) is 2.85. The molecule has 1 amide bonds. The SMILES string of the molecule is C=C(C)C(=O)Nc1ccc(Cl)cc1. The van der Waals surface area contributed by atoms with E-state index in [9.17, 15) is 4.79 Å². The van der Waals surface area contributed by atoms with Crippen molar-refractivity contribution >= 4 is 23.2 Å². The van der Waals surface area contributed by atoms with E-state index in [2.05, 4.69) is 11.9 Å². The Bertz CT molecular complexity index is 329. The largest absolute Gasteiger partial charge is 0.322 e. The first-order chi connectivity index (χ1) is 6.09. The number of anilines is 1. The molecule has 1 aromatic carbocycles. The molecule has 68 valence electrons. The zero-order valence-electron chi connectivity index (χ0n) is 7.30. The van der Waals surface area contributed by atoms with Gasteiger partial charge >= 0.3 is 0 Å². The van der Waals surface area contributed by atoms with Crippen molar-refractivity contribution in [2.75, 3.05) is 5.32 Å². The van der Waals surface area contributed by atoms with Crippen molar-refractivity contribution in [3.8, 4) is 0 Å². The van der Waals surface area contributed by atoms with Gasteiger partial charge in [-0.3, -0.25) is 4.79 Å². The second-order valence-corrected chi connectivity index (χ2v) is 3.18. The van der Waals surface area contributed by atoms with Crippen LogP contribution >= 0.6 is 11.6 Å². The first kappa shape index (κ1) is 9.81. The maximum Gasteiger partial charge on any atom is 0.250 e. The van der Waals surface area contributed by atoms with Crippen LogP contribution in [-0.2, 0) is 4.79 Å². The fourth-order valence-corrected chi connectivity index (χ4v) is 0.897. The van der Waals surface area contributed by atoms with Crippen molar-refractivity contribution in [1.29, 1.82) is 0 Å². The van der Waals surface area contributed by atoms with Crippen molar-refractivity contribution < 1.29 is 4.79 Å². The molecule has 0 saturated heterocycles. The molecule has 0 heterocycles. The fraction of sp³-hybridized carbons (Fsp3) is 0.100. The van der Waals surface area contributed by atoms with Gasteiger partial charge in [0.2, 0.25) is 0 Å². The lowest BCUT2D eigenvalue weighted by molar-refractivity contribution is -0.112. The summed E-state index contributed by atoms with van der Waals surface area (Å²) in [6.45, 7) is 5.19. The van der Waals surface area contributed by atoms with E-state index in [0.29, 0.717) is 10.6 Å². The molecule has 0 atom stereocenters. The molecule has 0 radical (unpaired) electrons. The van der Waals surface area contributed by atoms with Crippen LogP contribution in [0.5, 0.6) is 0 Å². The number of hydrogen-bond donors (Lipinski definition) is 1. The molecule has 2 nitrogen and oxygen atoms in total. The normalized spacial score (nSPS) is 9.38. The van der Waals surface area contributed by atoms with Crippen LogP contribution in [0.2, 0.25) is 5.02 Å². The van der Waals surface area contributed by atoms with E-state index in [4.69, 9.17) is 11.6 Å². The van der Waals surface area contributed by atoms with Crippen LogP contribution in [0.4, 0.5) is 5.69 Å². The highest BCUT2D eigenvalue weighted by atomic mass is 35.5. The first-order valence-corrected chi connectivity index (χ1v) is 4.20. The van der Waals surface area contributed by atoms with E-state index in [1.165, 1.54) is 0 Å². The standard InChI is InChI=1S/C10H10ClNO/c1-7(2)10(13)12-9-5-3-8(11)4-6-9/h3-6H,1H2,2H3,(H,12,13). The second-order valence-electron chi connectivity index (χ2n) is 2.74. The van der Waals surface area contributed by atoms with E-state index >= 15 is 0 Å². The zero-order chi connectivity index (χ0) is 9.84. The van der Waals surface area contributed by atoms with Crippen LogP contribution in [0.15, 0.2) is 36.4 Å². The van der Waals surface area contributed by atoms with Crippen molar-refractivity contribution in [3.05, 3.63) is 41.4 Å². The minimum Gasteiger partial charge on any atom is -0.322 e. The lowest BCUT2D eigenvalue weighted by Gasteiger charge is -2.03. The van der Waals surface area contributed by atoms with Crippen molar-refractivity contribution in [3.63, 3.8) is 0 Å². The topological polar surface area (TPSA) is 29.1 Å². The van der Waals surface area contributed by atoms with Gasteiger partial charge in [-0.2, -0.15) is 0 Å². The summed E-state index contributed by atoms with van der Waals surface area (Å²) < 4.78 is 0. The Morgan fingerprint density at radius 2 is 1.92 bits per heavy atom. The van der Waals surface area contributed by atoms with Gasteiger partial charge in [-0.25, -0.2) is 0 Å². The smallest absolute Gasteiger partial charge is 0.250 e. The van der Waals surface area contributed by atoms with Crippen molar-refractivity contribution in [2.45, 2.75) is 6.92 Å². The third kappa shape index (κ3) is 2.92. The number of carbonyl (C=O) groups excluding carboxylic acids is 1. The van der Waals surface area contributed by atoms with E-state index < -0.39 is 0 Å². The zero-order valence-corrected chi connectivity index (χ0v) is 8.06. The third-order valence-electron chi connectivity index (χ3n) is 1.49. The summed E-state index contributed by atoms with van der Waals surface area (Å²) in [5.74, 6) is -0.178. The number of nitrogens with one attached hydrogen (secondary N) is 1. The van der Waals surface area contributed by atoms with E-state index in [0.717, 1.165) is 5.69 Å². The molecule has 0 aromatic heterocycles. The maximum atomic E-state index is 11.2. The third-order valence-corrected chi connectivity index (χ3v) is 1.74. The van der Waals surface area contributed by atoms with Crippen molar-refractivity contribution in [1.82, 2.24) is 0 Å². The quantitative estimate of drug-likeness (QED) is 0.723. The molecule has 0 saturated carbocycles. The van der Waals surface area contributed by atoms with Gasteiger partial charge in [0.05, 0.1) is 0 Å². The highest BCUT2D eigenvalue weighted by molar-refractivity contribution is 6.30. The maximum absolute atomic E-state index is 11.2. The average Bonchev–Trinajstić information content (AvgIpc) is 2.08. The second kappa shape index (κ2) is 4.10. The number of benzene rings is 1. The summed E-state index contributed by atoms with van der Waals surface area (Å²) in [5.41, 5.74) is 1.20. The summed E-state index contributed by atoms with van der Waals surface area (Å²) in [6, 6.07) is 6.91. The van der Waals surface area contributed by atoms with Gasteiger partial charge in [0, 0.05) is 16.3 Å². The molecule has 0 unspecified atom stereocenters. The number of halogens is 1. The molecule has 1 rings (SSSR count). The van der Waals surface area contributed by atoms with E-state index in [-0.39, 0.29) is 5.91 Å². The average molecular weight is 196 g/mol. The molecule has 3 heteroatoms. The van der Waals surface area contributed by atoms with Crippen LogP contribution < -0.4 is 5.32 Å². The molecule has 0 fully saturated rings. The number of amides is 1. The van der Waals surface area contributed by atoms with Crippen LogP contribution in [0, 0.1) is 0 Å². The molecule has 13 heavy (non-hydrogen) atoms. The fourth-order valence-electron chi connectivity index (χ4n) is 0.771. The van der Waals surface area contributed by atoms with Gasteiger partial charge < -0.3 is 5.32 Å². The molecule has 0 aliphatic carbocycles. The number of carbonyl (C=O) groups is 1. The Morgan fingerprint density at radius 1 is 1.38 bits per heavy atom. The highest BCUT2D eigenvalue weighted by Gasteiger charge is 2.01. The first-order valence-electron chi connectivity index (χ1n) is 3.82. The van der Waals surface area contributed by atoms with Gasteiger partial charge in [-0.15, -0.1) is 0 Å². The Hall–Kier alpha value is -1.28. The minimum atomic E-state index is -0.178. The van der Waals surface area contributed by atoms with Crippen LogP contribution in [-0.4, -0.2) is 5.91 Å². The molecule has 1 N–H and O–H groups in total. The van der Waals surface area contributed by atoms with Gasteiger partial charge in [-0.05, 0) is 31.2 Å². The molecule has 0 aliphatic rings. The van der Waals surface area contributed by atoms with Crippen LogP contribution in [0.25, 0.3) is 0 Å². The Kier molecular flexibility index (Phi) is 3.09. The van der Waals surface area contributed by atoms with Gasteiger partial charge in [0.1, 0.15) is 0 Å². The minimum absolute atomic E-state index is 0.178. The summed E-state index contributed by atoms with van der Waals surface area (Å²) in [4.78, 5) is 11.2. The summed E-state index contributed by atoms with van der Waals surface area (Å²) >= 11 is 5.68. The lowest BCUT2D eigenvalue weighted by Crippen LogP contribution is -2.11. The molecule has 1 aromatic rings. The van der Waals surface area contributed by atoms with E-state index in [1.807, 2.05) is 0 Å². The molecular weight excluding hydrogens is 186 g/mol. The van der Waals surface area contributed by atoms with Gasteiger partial charge in [0.15, 0.2) is 0 Å². The lowest BCUT2D eigenvalue weighted by atomic mass is 10.3. The van der Waals surface area contributed by atoms with Crippen LogP contribution in [0.3, 0.4) is 0 Å². The van der Waals surface area contributed by atoms with Crippen LogP contribution in [0.1, 0.15) is 6.92 Å². The molecule has 0 aliphatic heterocycles. The Morgan fingerprint density at radius 3 is 2.38 bits per heavy atom. The number of hydrogen-bond acceptors (Lipinski definition) is 1. The van der Waals surface area contributed by atoms with E-state index in [1.54, 1.807) is 31.2 Å². The number of rotatable bonds is 2. The monoisotopic (exact) mass is 195 g/mol. The molecule has 0 bridgehead atoms. The van der Waals surface area contributed by atoms with Gasteiger partial charge in [-0.1, -0.05) is 18.2 Å². The molecular formula is C10H10ClNO. The summed E-state index contributed by atoms with van der Waals surface area (Å²) in [7, 11) is 0. The predicted molar refractivity (Wildman–Crippen MR) is 54.9 cm³/mol. The Labute approximate surface area is 82.2 Å².